The highest BCUT2D eigenvalue weighted by Gasteiger charge is 2.22. The van der Waals surface area contributed by atoms with Gasteiger partial charge in [0.05, 0.1) is 18.7 Å². The Hall–Kier alpha value is -1.17. The van der Waals surface area contributed by atoms with Crippen LogP contribution in [0.1, 0.15) is 19.4 Å². The molecule has 0 radical (unpaired) electrons. The smallest absolute Gasteiger partial charge is 0.234 e. The van der Waals surface area contributed by atoms with Gasteiger partial charge in [0.15, 0.2) is 0 Å². The minimum absolute atomic E-state index is 0. The first-order valence-electron chi connectivity index (χ1n) is 6.22. The Kier molecular flexibility index (Phi) is 8.37. The number of carbonyl (C=O) groups is 1. The highest BCUT2D eigenvalue weighted by atomic mass is 35.5. The van der Waals surface area contributed by atoms with Crippen molar-refractivity contribution in [3.05, 3.63) is 35.6 Å². The van der Waals surface area contributed by atoms with Crippen molar-refractivity contribution in [1.29, 1.82) is 0 Å². The Bertz CT molecular complexity index is 427. The molecule has 0 aliphatic heterocycles. The van der Waals surface area contributed by atoms with Gasteiger partial charge in [-0.25, -0.2) is 4.39 Å². The summed E-state index contributed by atoms with van der Waals surface area (Å²) >= 11 is 0. The molecule has 1 amide bonds. The molecule has 0 saturated heterocycles. The molecule has 0 heterocycles. The first-order chi connectivity index (χ1) is 8.95. The zero-order chi connectivity index (χ0) is 14.3. The number of rotatable bonds is 7. The van der Waals surface area contributed by atoms with Gasteiger partial charge < -0.3 is 15.4 Å². The lowest BCUT2D eigenvalue weighted by Gasteiger charge is -2.27. The summed E-state index contributed by atoms with van der Waals surface area (Å²) in [6.07, 6.45) is 0. The van der Waals surface area contributed by atoms with Gasteiger partial charge in [0.1, 0.15) is 5.82 Å². The molecule has 0 aliphatic carbocycles. The van der Waals surface area contributed by atoms with Crippen LogP contribution in [0.25, 0.3) is 0 Å². The predicted molar refractivity (Wildman–Crippen MR) is 79.6 cm³/mol. The summed E-state index contributed by atoms with van der Waals surface area (Å²) in [5.74, 6) is -0.441. The third kappa shape index (κ3) is 6.32. The fourth-order valence-corrected chi connectivity index (χ4v) is 1.72. The normalized spacial score (nSPS) is 10.8. The second-order valence-electron chi connectivity index (χ2n) is 4.85. The predicted octanol–water partition coefficient (Wildman–Crippen LogP) is 1.83. The number of nitrogens with one attached hydrogen (secondary N) is 2. The molecule has 2 N–H and O–H groups in total. The number of hydrogen-bond acceptors (Lipinski definition) is 3. The lowest BCUT2D eigenvalue weighted by Crippen LogP contribution is -2.45. The zero-order valence-electron chi connectivity index (χ0n) is 12.0. The van der Waals surface area contributed by atoms with Crippen LogP contribution in [0.3, 0.4) is 0 Å². The number of benzene rings is 1. The maximum atomic E-state index is 13.2. The van der Waals surface area contributed by atoms with E-state index in [0.29, 0.717) is 13.2 Å². The maximum absolute atomic E-state index is 13.2. The fourth-order valence-electron chi connectivity index (χ4n) is 1.72. The molecule has 114 valence electrons. The van der Waals surface area contributed by atoms with Gasteiger partial charge in [-0.2, -0.15) is 0 Å². The van der Waals surface area contributed by atoms with E-state index in [9.17, 15) is 9.18 Å². The van der Waals surface area contributed by atoms with Crippen LogP contribution in [0, 0.1) is 5.82 Å². The Morgan fingerprint density at radius 2 is 2.10 bits per heavy atom. The molecule has 0 unspecified atom stereocenters. The van der Waals surface area contributed by atoms with E-state index in [4.69, 9.17) is 4.74 Å². The van der Waals surface area contributed by atoms with Crippen LogP contribution in [0.5, 0.6) is 0 Å². The van der Waals surface area contributed by atoms with Gasteiger partial charge in [-0.3, -0.25) is 4.79 Å². The molecule has 0 aromatic heterocycles. The number of ether oxygens (including phenoxy) is 1. The summed E-state index contributed by atoms with van der Waals surface area (Å²) in [4.78, 5) is 11.8. The molecule has 20 heavy (non-hydrogen) atoms. The summed E-state index contributed by atoms with van der Waals surface area (Å²) < 4.78 is 18.1. The standard InChI is InChI=1S/C14H21FN2O2.ClH/c1-14(2,11-5-4-6-12(15)9-11)17-13(18)10-16-7-8-19-3;/h4-6,9,16H,7-8,10H2,1-3H3,(H,17,18);1H. The molecule has 1 aromatic rings. The molecule has 6 heteroatoms. The van der Waals surface area contributed by atoms with Crippen LogP contribution < -0.4 is 10.6 Å². The molecule has 1 aromatic carbocycles. The van der Waals surface area contributed by atoms with Crippen molar-refractivity contribution in [3.63, 3.8) is 0 Å². The topological polar surface area (TPSA) is 50.4 Å². The third-order valence-corrected chi connectivity index (χ3v) is 2.77. The Morgan fingerprint density at radius 3 is 2.70 bits per heavy atom. The van der Waals surface area contributed by atoms with Crippen molar-refractivity contribution >= 4 is 18.3 Å². The number of amides is 1. The van der Waals surface area contributed by atoms with E-state index in [1.54, 1.807) is 19.2 Å². The number of halogens is 2. The lowest BCUT2D eigenvalue weighted by molar-refractivity contribution is -0.121. The summed E-state index contributed by atoms with van der Waals surface area (Å²) in [7, 11) is 1.61. The molecule has 0 bridgehead atoms. The molecule has 0 fully saturated rings. The van der Waals surface area contributed by atoms with Gasteiger partial charge in [-0.1, -0.05) is 12.1 Å². The van der Waals surface area contributed by atoms with E-state index in [-0.39, 0.29) is 30.7 Å². The first kappa shape index (κ1) is 18.8. The van der Waals surface area contributed by atoms with Gasteiger partial charge in [-0.05, 0) is 31.5 Å². The number of carbonyl (C=O) groups excluding carboxylic acids is 1. The molecular formula is C14H22ClFN2O2. The van der Waals surface area contributed by atoms with E-state index >= 15 is 0 Å². The van der Waals surface area contributed by atoms with Crippen molar-refractivity contribution in [3.8, 4) is 0 Å². The maximum Gasteiger partial charge on any atom is 0.234 e. The second kappa shape index (κ2) is 8.89. The SMILES string of the molecule is COCCNCC(=O)NC(C)(C)c1cccc(F)c1.Cl. The molecule has 0 saturated carbocycles. The summed E-state index contributed by atoms with van der Waals surface area (Å²) in [6, 6.07) is 6.24. The quantitative estimate of drug-likeness (QED) is 0.756. The van der Waals surface area contributed by atoms with E-state index in [1.165, 1.54) is 12.1 Å². The second-order valence-corrected chi connectivity index (χ2v) is 4.85. The molecule has 0 atom stereocenters. The highest BCUT2D eigenvalue weighted by molar-refractivity contribution is 5.85. The van der Waals surface area contributed by atoms with Crippen LogP contribution in [0.4, 0.5) is 4.39 Å². The van der Waals surface area contributed by atoms with E-state index in [0.717, 1.165) is 5.56 Å². The minimum atomic E-state index is -0.609. The average Bonchev–Trinajstić information content (AvgIpc) is 2.34. The lowest BCUT2D eigenvalue weighted by atomic mass is 9.94. The molecule has 0 spiro atoms. The average molecular weight is 305 g/mol. The molecule has 1 rings (SSSR count). The molecule has 0 aliphatic rings. The van der Waals surface area contributed by atoms with Gasteiger partial charge in [0.2, 0.25) is 5.91 Å². The third-order valence-electron chi connectivity index (χ3n) is 2.77. The summed E-state index contributed by atoms with van der Waals surface area (Å²) in [5, 5.41) is 5.83. The highest BCUT2D eigenvalue weighted by Crippen LogP contribution is 2.20. The van der Waals surface area contributed by atoms with Gasteiger partial charge in [-0.15, -0.1) is 12.4 Å². The molecule has 4 nitrogen and oxygen atoms in total. The van der Waals surface area contributed by atoms with Crippen LogP contribution >= 0.6 is 12.4 Å². The first-order valence-corrected chi connectivity index (χ1v) is 6.22. The van der Waals surface area contributed by atoms with E-state index in [1.807, 2.05) is 13.8 Å². The van der Waals surface area contributed by atoms with E-state index < -0.39 is 5.54 Å². The largest absolute Gasteiger partial charge is 0.383 e. The van der Waals surface area contributed by atoms with Crippen LogP contribution in [0.15, 0.2) is 24.3 Å². The number of hydrogen-bond donors (Lipinski definition) is 2. The van der Waals surface area contributed by atoms with Crippen molar-refractivity contribution in [2.45, 2.75) is 19.4 Å². The zero-order valence-corrected chi connectivity index (χ0v) is 12.8. The fraction of sp³-hybridized carbons (Fsp3) is 0.500. The van der Waals surface area contributed by atoms with Gasteiger partial charge in [0.25, 0.3) is 0 Å². The van der Waals surface area contributed by atoms with Crippen LogP contribution in [-0.4, -0.2) is 32.7 Å². The minimum Gasteiger partial charge on any atom is -0.383 e. The van der Waals surface area contributed by atoms with Crippen molar-refractivity contribution in [2.24, 2.45) is 0 Å². The van der Waals surface area contributed by atoms with Gasteiger partial charge >= 0.3 is 0 Å². The Labute approximate surface area is 125 Å². The van der Waals surface area contributed by atoms with E-state index in [2.05, 4.69) is 10.6 Å². The molecular weight excluding hydrogens is 283 g/mol. The summed E-state index contributed by atoms with van der Waals surface area (Å²) in [5.41, 5.74) is 0.125. The summed E-state index contributed by atoms with van der Waals surface area (Å²) in [6.45, 7) is 5.07. The van der Waals surface area contributed by atoms with Crippen LogP contribution in [-0.2, 0) is 15.1 Å². The van der Waals surface area contributed by atoms with Crippen LogP contribution in [0.2, 0.25) is 0 Å². The Balaban J connectivity index is 0.00000361. The van der Waals surface area contributed by atoms with Crippen molar-refractivity contribution in [2.75, 3.05) is 26.8 Å². The Morgan fingerprint density at radius 1 is 1.40 bits per heavy atom. The van der Waals surface area contributed by atoms with Gasteiger partial charge in [0, 0.05) is 13.7 Å². The number of methoxy groups -OCH3 is 1. The van der Waals surface area contributed by atoms with Crippen molar-refractivity contribution in [1.82, 2.24) is 10.6 Å². The van der Waals surface area contributed by atoms with Crippen molar-refractivity contribution < 1.29 is 13.9 Å². The monoisotopic (exact) mass is 304 g/mol.